The Labute approximate surface area is 97.0 Å². The van der Waals surface area contributed by atoms with Crippen molar-refractivity contribution < 1.29 is 9.90 Å². The minimum Gasteiger partial charge on any atom is -0.465 e. The minimum atomic E-state index is -0.728. The molecule has 1 saturated heterocycles. The number of carboxylic acid groups (broad SMARTS) is 1. The van der Waals surface area contributed by atoms with Crippen LogP contribution in [0, 0.1) is 0 Å². The molecule has 2 fully saturated rings. The Morgan fingerprint density at radius 3 is 2.38 bits per heavy atom. The van der Waals surface area contributed by atoms with Crippen molar-refractivity contribution in [2.75, 3.05) is 6.54 Å². The van der Waals surface area contributed by atoms with Crippen molar-refractivity contribution in [3.63, 3.8) is 0 Å². The molecule has 4 nitrogen and oxygen atoms in total. The van der Waals surface area contributed by atoms with Gasteiger partial charge in [-0.2, -0.15) is 0 Å². The van der Waals surface area contributed by atoms with Gasteiger partial charge in [-0.05, 0) is 32.6 Å². The normalized spacial score (nSPS) is 31.6. The lowest BCUT2D eigenvalue weighted by Crippen LogP contribution is -2.53. The maximum Gasteiger partial charge on any atom is 0.407 e. The lowest BCUT2D eigenvalue weighted by molar-refractivity contribution is 0.0855. The van der Waals surface area contributed by atoms with Crippen molar-refractivity contribution in [3.05, 3.63) is 0 Å². The molecule has 0 aromatic heterocycles. The number of hydrogen-bond acceptors (Lipinski definition) is 2. The lowest BCUT2D eigenvalue weighted by Gasteiger charge is -2.38. The highest BCUT2D eigenvalue weighted by molar-refractivity contribution is 5.66. The minimum absolute atomic E-state index is 0.191. The van der Waals surface area contributed by atoms with Crippen molar-refractivity contribution in [2.24, 2.45) is 0 Å². The van der Waals surface area contributed by atoms with E-state index in [0.29, 0.717) is 6.04 Å². The summed E-state index contributed by atoms with van der Waals surface area (Å²) in [5.74, 6) is 0. The zero-order valence-corrected chi connectivity index (χ0v) is 9.98. The Morgan fingerprint density at radius 2 is 1.88 bits per heavy atom. The summed E-state index contributed by atoms with van der Waals surface area (Å²) in [5.41, 5.74) is 0. The molecular formula is C12H22N2O2. The number of piperidine rings is 1. The maximum atomic E-state index is 11.4. The van der Waals surface area contributed by atoms with Gasteiger partial charge >= 0.3 is 6.09 Å². The first kappa shape index (κ1) is 11.7. The quantitative estimate of drug-likeness (QED) is 0.757. The van der Waals surface area contributed by atoms with Gasteiger partial charge in [0.1, 0.15) is 0 Å². The third kappa shape index (κ3) is 2.48. The Hall–Kier alpha value is -0.770. The highest BCUT2D eigenvalue weighted by atomic mass is 16.4. The molecule has 0 bridgehead atoms. The third-order valence-corrected chi connectivity index (χ3v) is 3.97. The zero-order chi connectivity index (χ0) is 11.5. The number of amides is 1. The lowest BCUT2D eigenvalue weighted by atomic mass is 9.99. The van der Waals surface area contributed by atoms with E-state index in [1.165, 1.54) is 12.8 Å². The summed E-state index contributed by atoms with van der Waals surface area (Å²) in [5, 5.41) is 12.7. The van der Waals surface area contributed by atoms with Gasteiger partial charge in [-0.1, -0.05) is 12.8 Å². The van der Waals surface area contributed by atoms with Crippen LogP contribution in [0.25, 0.3) is 0 Å². The average molecular weight is 226 g/mol. The summed E-state index contributed by atoms with van der Waals surface area (Å²) in [4.78, 5) is 13.1. The number of nitrogens with zero attached hydrogens (tertiary/aromatic N) is 1. The SMILES string of the molecule is C[C@@H]1CC[C@H](N(C(=O)O)C2CCCC2)CN1. The summed E-state index contributed by atoms with van der Waals surface area (Å²) in [6.45, 7) is 2.99. The maximum absolute atomic E-state index is 11.4. The fraction of sp³-hybridized carbons (Fsp3) is 0.917. The molecule has 0 aromatic rings. The van der Waals surface area contributed by atoms with Crippen molar-refractivity contribution >= 4 is 6.09 Å². The highest BCUT2D eigenvalue weighted by Gasteiger charge is 2.33. The van der Waals surface area contributed by atoms with E-state index < -0.39 is 6.09 Å². The zero-order valence-electron chi connectivity index (χ0n) is 9.98. The molecule has 0 unspecified atom stereocenters. The van der Waals surface area contributed by atoms with Crippen LogP contribution in [0.5, 0.6) is 0 Å². The van der Waals surface area contributed by atoms with E-state index in [1.54, 1.807) is 4.90 Å². The van der Waals surface area contributed by atoms with Gasteiger partial charge in [-0.15, -0.1) is 0 Å². The fourth-order valence-electron chi connectivity index (χ4n) is 3.01. The molecular weight excluding hydrogens is 204 g/mol. The smallest absolute Gasteiger partial charge is 0.407 e. The van der Waals surface area contributed by atoms with Crippen LogP contribution in [0.3, 0.4) is 0 Å². The fourth-order valence-corrected chi connectivity index (χ4v) is 3.01. The van der Waals surface area contributed by atoms with Crippen LogP contribution in [-0.2, 0) is 0 Å². The third-order valence-electron chi connectivity index (χ3n) is 3.97. The Balaban J connectivity index is 1.98. The number of carbonyl (C=O) groups is 1. The van der Waals surface area contributed by atoms with Crippen molar-refractivity contribution in [1.29, 1.82) is 0 Å². The molecule has 0 aromatic carbocycles. The summed E-state index contributed by atoms with van der Waals surface area (Å²) >= 11 is 0. The van der Waals surface area contributed by atoms with Gasteiger partial charge in [0.2, 0.25) is 0 Å². The second kappa shape index (κ2) is 5.04. The molecule has 16 heavy (non-hydrogen) atoms. The van der Waals surface area contributed by atoms with E-state index in [4.69, 9.17) is 0 Å². The Bertz CT molecular complexity index is 243. The molecule has 1 aliphatic heterocycles. The molecule has 1 heterocycles. The van der Waals surface area contributed by atoms with Gasteiger partial charge in [-0.3, -0.25) is 0 Å². The van der Waals surface area contributed by atoms with Crippen LogP contribution in [0.1, 0.15) is 45.4 Å². The highest BCUT2D eigenvalue weighted by Crippen LogP contribution is 2.27. The predicted molar refractivity (Wildman–Crippen MR) is 62.6 cm³/mol. The van der Waals surface area contributed by atoms with Crippen LogP contribution in [0.2, 0.25) is 0 Å². The van der Waals surface area contributed by atoms with E-state index >= 15 is 0 Å². The van der Waals surface area contributed by atoms with Gasteiger partial charge in [0.15, 0.2) is 0 Å². The first-order valence-electron chi connectivity index (χ1n) is 6.43. The van der Waals surface area contributed by atoms with E-state index in [9.17, 15) is 9.90 Å². The van der Waals surface area contributed by atoms with Crippen LogP contribution >= 0.6 is 0 Å². The average Bonchev–Trinajstić information content (AvgIpc) is 2.74. The Kier molecular flexibility index (Phi) is 3.69. The summed E-state index contributed by atoms with van der Waals surface area (Å²) in [6, 6.07) is 1.00. The van der Waals surface area contributed by atoms with E-state index in [1.807, 2.05) is 0 Å². The van der Waals surface area contributed by atoms with Gasteiger partial charge in [0, 0.05) is 24.7 Å². The molecule has 2 atom stereocenters. The molecule has 92 valence electrons. The van der Waals surface area contributed by atoms with Crippen LogP contribution in [0.4, 0.5) is 4.79 Å². The van der Waals surface area contributed by atoms with Crippen LogP contribution < -0.4 is 5.32 Å². The molecule has 0 radical (unpaired) electrons. The van der Waals surface area contributed by atoms with Gasteiger partial charge in [0.05, 0.1) is 0 Å². The van der Waals surface area contributed by atoms with Gasteiger partial charge in [0.25, 0.3) is 0 Å². The molecule has 1 aliphatic carbocycles. The summed E-state index contributed by atoms with van der Waals surface area (Å²) < 4.78 is 0. The first-order chi connectivity index (χ1) is 7.68. The van der Waals surface area contributed by atoms with E-state index in [0.717, 1.165) is 32.2 Å². The topological polar surface area (TPSA) is 52.6 Å². The number of hydrogen-bond donors (Lipinski definition) is 2. The summed E-state index contributed by atoms with van der Waals surface area (Å²) in [6.07, 6.45) is 5.85. The number of nitrogens with one attached hydrogen (secondary N) is 1. The molecule has 2 N–H and O–H groups in total. The van der Waals surface area contributed by atoms with Gasteiger partial charge < -0.3 is 15.3 Å². The van der Waals surface area contributed by atoms with Crippen LogP contribution in [-0.4, -0.2) is 40.8 Å². The standard InChI is InChI=1S/C12H22N2O2/c1-9-6-7-11(8-13-9)14(12(15)16)10-4-2-3-5-10/h9-11,13H,2-8H2,1H3,(H,15,16)/t9-,11+/m1/s1. The Morgan fingerprint density at radius 1 is 1.19 bits per heavy atom. The van der Waals surface area contributed by atoms with Gasteiger partial charge in [-0.25, -0.2) is 4.79 Å². The molecule has 0 spiro atoms. The number of rotatable bonds is 2. The largest absolute Gasteiger partial charge is 0.465 e. The molecule has 1 amide bonds. The first-order valence-corrected chi connectivity index (χ1v) is 6.43. The van der Waals surface area contributed by atoms with Crippen LogP contribution in [0.15, 0.2) is 0 Å². The van der Waals surface area contributed by atoms with E-state index in [2.05, 4.69) is 12.2 Å². The van der Waals surface area contributed by atoms with Crippen molar-refractivity contribution in [3.8, 4) is 0 Å². The molecule has 2 rings (SSSR count). The predicted octanol–water partition coefficient (Wildman–Crippen LogP) is 2.05. The second-order valence-electron chi connectivity index (χ2n) is 5.17. The molecule has 1 saturated carbocycles. The second-order valence-corrected chi connectivity index (χ2v) is 5.17. The van der Waals surface area contributed by atoms with Crippen molar-refractivity contribution in [1.82, 2.24) is 10.2 Å². The molecule has 4 heteroatoms. The summed E-state index contributed by atoms with van der Waals surface area (Å²) in [7, 11) is 0. The molecule has 2 aliphatic rings. The van der Waals surface area contributed by atoms with Crippen molar-refractivity contribution in [2.45, 2.75) is 63.6 Å². The van der Waals surface area contributed by atoms with E-state index in [-0.39, 0.29) is 12.1 Å². The monoisotopic (exact) mass is 226 g/mol.